The zero-order valence-electron chi connectivity index (χ0n) is 44.4. The van der Waals surface area contributed by atoms with Crippen LogP contribution >= 0.6 is 22.7 Å². The molecule has 412 valence electrons. The second kappa shape index (κ2) is 26.4. The molecule has 0 spiro atoms. The molecule has 4 aliphatic rings. The second-order valence-corrected chi connectivity index (χ2v) is 23.2. The lowest BCUT2D eigenvalue weighted by Crippen LogP contribution is -2.46. The number of rotatable bonds is 10. The predicted molar refractivity (Wildman–Crippen MR) is 302 cm³/mol. The number of nitrogens with one attached hydrogen (secondary N) is 3. The van der Waals surface area contributed by atoms with Crippen molar-refractivity contribution in [3.63, 3.8) is 0 Å². The van der Waals surface area contributed by atoms with Gasteiger partial charge in [-0.1, -0.05) is 26.0 Å². The summed E-state index contributed by atoms with van der Waals surface area (Å²) in [7, 11) is 0. The molecule has 21 heteroatoms. The van der Waals surface area contributed by atoms with Crippen molar-refractivity contribution in [1.29, 1.82) is 0 Å². The van der Waals surface area contributed by atoms with E-state index in [4.69, 9.17) is 26.5 Å². The fraction of sp³-hybridized carbons (Fsp3) is 0.500. The summed E-state index contributed by atoms with van der Waals surface area (Å²) in [5, 5.41) is 19.2. The lowest BCUT2D eigenvalue weighted by atomic mass is 9.89. The van der Waals surface area contributed by atoms with Gasteiger partial charge in [0, 0.05) is 37.5 Å². The molecule has 8 heterocycles. The molecule has 4 aromatic heterocycles. The number of amides is 3. The Hall–Kier alpha value is -6.26. The maximum Gasteiger partial charge on any atom is 0.394 e. The number of carboxylic acid groups (broad SMARTS) is 1. The number of fused-ring (bicyclic) bond motifs is 2. The number of nitrogens with two attached hydrogens (primary N) is 2. The molecule has 8 N–H and O–H groups in total. The molecule has 4 atom stereocenters. The van der Waals surface area contributed by atoms with Crippen molar-refractivity contribution in [3.05, 3.63) is 93.2 Å². The first-order valence-corrected chi connectivity index (χ1v) is 28.4. The molecule has 2 aromatic carbocycles. The van der Waals surface area contributed by atoms with Crippen LogP contribution in [0.2, 0.25) is 0 Å². The van der Waals surface area contributed by atoms with E-state index in [2.05, 4.69) is 86.0 Å². The Balaban J connectivity index is 0.000000172. The third-order valence-corrected chi connectivity index (χ3v) is 17.6. The van der Waals surface area contributed by atoms with Crippen LogP contribution in [-0.4, -0.2) is 129 Å². The van der Waals surface area contributed by atoms with Crippen molar-refractivity contribution < 1.29 is 33.1 Å². The first-order chi connectivity index (χ1) is 37.0. The van der Waals surface area contributed by atoms with Crippen LogP contribution < -0.4 is 27.4 Å². The minimum Gasteiger partial charge on any atom is -0.474 e. The van der Waals surface area contributed by atoms with Gasteiger partial charge in [-0.05, 0) is 168 Å². The van der Waals surface area contributed by atoms with E-state index in [9.17, 15) is 28.0 Å². The lowest BCUT2D eigenvalue weighted by molar-refractivity contribution is -0.147. The normalized spacial score (nSPS) is 20.7. The number of carbonyl (C=O) groups is 4. The lowest BCUT2D eigenvalue weighted by Gasteiger charge is -2.38. The number of carboxylic acids is 1. The number of aryl methyl sites for hydroxylation is 2. The molecule has 0 bridgehead atoms. The molecule has 6 aromatic rings. The first-order valence-electron chi connectivity index (χ1n) is 26.8. The molecule has 17 nitrogen and oxygen atoms in total. The Morgan fingerprint density at radius 3 is 1.65 bits per heavy atom. The van der Waals surface area contributed by atoms with Crippen molar-refractivity contribution in [2.24, 2.45) is 11.8 Å². The highest BCUT2D eigenvalue weighted by atomic mass is 32.1. The molecule has 0 aliphatic carbocycles. The number of nitrogens with zero attached hydrogens (tertiary/aromatic N) is 7. The molecule has 10 rings (SSSR count). The quantitative estimate of drug-likeness (QED) is 0.0702. The van der Waals surface area contributed by atoms with Crippen molar-refractivity contribution >= 4 is 89.8 Å². The van der Waals surface area contributed by atoms with E-state index < -0.39 is 23.7 Å². The third kappa shape index (κ3) is 14.9. The summed E-state index contributed by atoms with van der Waals surface area (Å²) in [5.74, 6) is -1.09. The number of halogens is 2. The van der Waals surface area contributed by atoms with E-state index in [-0.39, 0.29) is 19.4 Å². The largest absolute Gasteiger partial charge is 0.474 e. The van der Waals surface area contributed by atoms with Crippen molar-refractivity contribution in [2.45, 2.75) is 103 Å². The molecule has 77 heavy (non-hydrogen) atoms. The van der Waals surface area contributed by atoms with Gasteiger partial charge in [-0.3, -0.25) is 14.4 Å². The van der Waals surface area contributed by atoms with Gasteiger partial charge in [0.05, 0.1) is 60.3 Å². The number of thiazole rings is 2. The zero-order valence-corrected chi connectivity index (χ0v) is 46.0. The summed E-state index contributed by atoms with van der Waals surface area (Å²) in [5.41, 5.74) is 17.9. The summed E-state index contributed by atoms with van der Waals surface area (Å²) in [6.45, 7) is 13.9. The average molecular weight is 1100 g/mol. The highest BCUT2D eigenvalue weighted by Gasteiger charge is 2.35. The molecule has 0 saturated carbocycles. The summed E-state index contributed by atoms with van der Waals surface area (Å²) in [4.78, 5) is 71.2. The van der Waals surface area contributed by atoms with Gasteiger partial charge >= 0.3 is 23.7 Å². The Morgan fingerprint density at radius 1 is 0.675 bits per heavy atom. The molecule has 4 saturated heterocycles. The van der Waals surface area contributed by atoms with E-state index >= 15 is 0 Å². The maximum absolute atomic E-state index is 13.4. The summed E-state index contributed by atoms with van der Waals surface area (Å²) in [6, 6.07) is 16.6. The number of hydrogen-bond donors (Lipinski definition) is 6. The maximum atomic E-state index is 13.4. The highest BCUT2D eigenvalue weighted by Crippen LogP contribution is 2.39. The van der Waals surface area contributed by atoms with E-state index in [1.807, 2.05) is 11.3 Å². The third-order valence-electron chi connectivity index (χ3n) is 15.2. The number of pyridine rings is 2. The number of aliphatic carboxylic acids is 1. The van der Waals surface area contributed by atoms with Crippen LogP contribution in [0.5, 0.6) is 0 Å². The van der Waals surface area contributed by atoms with Gasteiger partial charge in [0.15, 0.2) is 0 Å². The minimum absolute atomic E-state index is 0.186. The van der Waals surface area contributed by atoms with E-state index in [1.165, 1.54) is 40.5 Å². The minimum atomic E-state index is -1.54. The Morgan fingerprint density at radius 2 is 1.17 bits per heavy atom. The molecule has 4 aliphatic heterocycles. The van der Waals surface area contributed by atoms with Gasteiger partial charge in [-0.2, -0.15) is 0 Å². The molecule has 0 unspecified atom stereocenters. The highest BCUT2D eigenvalue weighted by molar-refractivity contribution is 7.19. The SMILES string of the molecule is C[C@H]1CC[C@H](c2ccc3sc(C4CCN(CCF)CC4)nc3c2)NC1.Cc1cc(NC(=O)C(=O)N2C[C@@H](C)CC[C@@H]2c2ccc3sc(C4CCN(CCF)CC4)nc3c2)cnc1N.Cc1cc(NC(=O)C(=O)O)cnc1N. The van der Waals surface area contributed by atoms with Crippen LogP contribution in [-0.2, 0) is 19.2 Å². The van der Waals surface area contributed by atoms with E-state index in [0.29, 0.717) is 72.0 Å². The summed E-state index contributed by atoms with van der Waals surface area (Å²) < 4.78 is 27.6. The fourth-order valence-corrected chi connectivity index (χ4v) is 12.8. The smallest absolute Gasteiger partial charge is 0.394 e. The second-order valence-electron chi connectivity index (χ2n) is 21.0. The van der Waals surface area contributed by atoms with Crippen LogP contribution in [0.15, 0.2) is 60.9 Å². The van der Waals surface area contributed by atoms with E-state index in [0.717, 1.165) is 109 Å². The first kappa shape index (κ1) is 56.9. The average Bonchev–Trinajstić information content (AvgIpc) is 4.08. The Bertz CT molecular complexity index is 3010. The molecule has 4 fully saturated rings. The number of anilines is 4. The number of aromatic nitrogens is 4. The van der Waals surface area contributed by atoms with Crippen molar-refractivity contribution in [3.8, 4) is 0 Å². The van der Waals surface area contributed by atoms with Gasteiger partial charge < -0.3 is 47.2 Å². The molecular weight excluding hydrogens is 1020 g/mol. The number of alkyl halides is 2. The fourth-order valence-electron chi connectivity index (χ4n) is 10.6. The van der Waals surface area contributed by atoms with Gasteiger partial charge in [0.1, 0.15) is 25.0 Å². The number of piperidine rings is 4. The van der Waals surface area contributed by atoms with Crippen LogP contribution in [0, 0.1) is 25.7 Å². The summed E-state index contributed by atoms with van der Waals surface area (Å²) in [6.07, 6.45) is 11.2. The molecule has 0 radical (unpaired) electrons. The van der Waals surface area contributed by atoms with Gasteiger partial charge in [-0.15, -0.1) is 22.7 Å². The van der Waals surface area contributed by atoms with Crippen molar-refractivity contribution in [1.82, 2.24) is 40.0 Å². The number of likely N-dealkylation sites (tertiary alicyclic amines) is 3. The number of benzene rings is 2. The predicted octanol–water partition coefficient (Wildman–Crippen LogP) is 9.17. The van der Waals surface area contributed by atoms with Crippen LogP contribution in [0.4, 0.5) is 31.8 Å². The van der Waals surface area contributed by atoms with Crippen LogP contribution in [0.1, 0.15) is 121 Å². The van der Waals surface area contributed by atoms with E-state index in [1.54, 1.807) is 42.2 Å². The standard InChI is InChI=1S/C28H35FN6O2S.C20H28FN3S.C8H9N3O3/c1-17-3-5-23(35(16-17)28(37)26(36)32-21-13-18(2)25(30)31-15-21)20-4-6-24-22(14-20)33-27(38-24)19-7-10-34(11-8-19)12-9-29;1-14-2-4-17(22-13-14)16-3-5-19-18(12-16)23-20(25-19)15-6-9-24(10-7-15)11-8-21;1-4-2-5(3-10-6(4)9)11-7(12)8(13)14/h4,6,13-15,17,19,23H,3,5,7-12,16H2,1-2H3,(H2,30,31)(H,32,36);3,5,12,14-15,17,22H,2,4,6-11,13H2,1H3;2-3H,1H3,(H2,9,10)(H,11,12)(H,13,14)/t17-,23+;14-,17+;/m00./s1. The Kier molecular flexibility index (Phi) is 19.5. The summed E-state index contributed by atoms with van der Waals surface area (Å²) >= 11 is 3.58. The number of hydrogen-bond acceptors (Lipinski definition) is 15. The number of carbonyl (C=O) groups excluding carboxylic acids is 3. The Labute approximate surface area is 456 Å². The number of nitrogen functional groups attached to an aromatic ring is 2. The van der Waals surface area contributed by atoms with Gasteiger partial charge in [0.2, 0.25) is 0 Å². The topological polar surface area (TPSA) is 238 Å². The van der Waals surface area contributed by atoms with Crippen LogP contribution in [0.25, 0.3) is 20.4 Å². The van der Waals surface area contributed by atoms with Crippen LogP contribution in [0.3, 0.4) is 0 Å². The van der Waals surface area contributed by atoms with Crippen molar-refractivity contribution in [2.75, 3.05) is 87.8 Å². The zero-order chi connectivity index (χ0) is 54.8. The van der Waals surface area contributed by atoms with Gasteiger partial charge in [0.25, 0.3) is 0 Å². The molecular formula is C56H72F2N12O5S2. The van der Waals surface area contributed by atoms with Gasteiger partial charge in [-0.25, -0.2) is 33.5 Å². The monoisotopic (exact) mass is 1090 g/mol. The molecule has 3 amide bonds.